The third-order valence-corrected chi connectivity index (χ3v) is 3.56. The summed E-state index contributed by atoms with van der Waals surface area (Å²) in [5, 5.41) is 2.48. The fourth-order valence-electron chi connectivity index (χ4n) is 1.95. The van der Waals surface area contributed by atoms with Crippen molar-refractivity contribution in [3.05, 3.63) is 63.9 Å². The molecule has 0 aliphatic rings. The number of carbonyl (C=O) groups is 3. The quantitative estimate of drug-likeness (QED) is 0.622. The average molecular weight is 394 g/mol. The minimum absolute atomic E-state index is 0.209. The first-order chi connectivity index (χ1) is 11.4. The van der Waals surface area contributed by atoms with Crippen molar-refractivity contribution in [1.82, 2.24) is 0 Å². The predicted molar refractivity (Wildman–Crippen MR) is 89.5 cm³/mol. The number of nitrogens with one attached hydrogen (secondary N) is 1. The van der Waals surface area contributed by atoms with Crippen LogP contribution in [0, 0.1) is 5.82 Å². The predicted octanol–water partition coefficient (Wildman–Crippen LogP) is 3.59. The molecule has 0 aromatic heterocycles. The van der Waals surface area contributed by atoms with Crippen LogP contribution in [0.1, 0.15) is 27.6 Å². The lowest BCUT2D eigenvalue weighted by Gasteiger charge is -2.10. The topological polar surface area (TPSA) is 72.5 Å². The molecule has 5 nitrogen and oxygen atoms in total. The van der Waals surface area contributed by atoms with Crippen LogP contribution < -0.4 is 5.32 Å². The molecule has 0 radical (unpaired) electrons. The van der Waals surface area contributed by atoms with Gasteiger partial charge < -0.3 is 10.1 Å². The molecule has 0 saturated heterocycles. The molecule has 0 fully saturated rings. The molecule has 1 amide bonds. The summed E-state index contributed by atoms with van der Waals surface area (Å²) < 4.78 is 18.9. The second-order valence-corrected chi connectivity index (χ2v) is 5.77. The van der Waals surface area contributed by atoms with Crippen molar-refractivity contribution in [1.29, 1.82) is 0 Å². The molecule has 2 rings (SSSR count). The van der Waals surface area contributed by atoms with Gasteiger partial charge in [-0.3, -0.25) is 9.59 Å². The Hall–Kier alpha value is -2.54. The fourth-order valence-corrected chi connectivity index (χ4v) is 2.31. The Morgan fingerprint density at radius 1 is 1.12 bits per heavy atom. The number of rotatable bonds is 5. The van der Waals surface area contributed by atoms with Crippen LogP contribution in [0.4, 0.5) is 10.1 Å². The fraction of sp³-hybridized carbons (Fsp3) is 0.118. The zero-order valence-electron chi connectivity index (χ0n) is 12.6. The molecule has 2 aromatic carbocycles. The molecule has 0 spiro atoms. The molecule has 0 atom stereocenters. The van der Waals surface area contributed by atoms with Crippen molar-refractivity contribution < 1.29 is 23.5 Å². The van der Waals surface area contributed by atoms with Crippen molar-refractivity contribution in [2.75, 3.05) is 11.9 Å². The van der Waals surface area contributed by atoms with Gasteiger partial charge in [0.15, 0.2) is 12.4 Å². The van der Waals surface area contributed by atoms with Gasteiger partial charge in [-0.15, -0.1) is 0 Å². The lowest BCUT2D eigenvalue weighted by molar-refractivity contribution is -0.119. The normalized spacial score (nSPS) is 10.1. The first-order valence-corrected chi connectivity index (χ1v) is 7.70. The minimum atomic E-state index is -0.955. The van der Waals surface area contributed by atoms with Crippen LogP contribution in [0.2, 0.25) is 0 Å². The van der Waals surface area contributed by atoms with Gasteiger partial charge >= 0.3 is 5.97 Å². The van der Waals surface area contributed by atoms with E-state index in [-0.39, 0.29) is 11.3 Å². The van der Waals surface area contributed by atoms with Gasteiger partial charge in [-0.2, -0.15) is 0 Å². The van der Waals surface area contributed by atoms with Gasteiger partial charge in [0.2, 0.25) is 0 Å². The van der Waals surface area contributed by atoms with E-state index in [4.69, 9.17) is 4.74 Å². The highest BCUT2D eigenvalue weighted by atomic mass is 79.9. The SMILES string of the molecule is CC(=O)c1ccccc1NC(=O)COC(=O)c1cc(Br)ccc1F. The summed E-state index contributed by atoms with van der Waals surface area (Å²) in [7, 11) is 0. The average Bonchev–Trinajstić information content (AvgIpc) is 2.55. The third-order valence-electron chi connectivity index (χ3n) is 3.06. The van der Waals surface area contributed by atoms with Crippen LogP contribution in [0.25, 0.3) is 0 Å². The lowest BCUT2D eigenvalue weighted by Crippen LogP contribution is -2.22. The number of anilines is 1. The molecule has 0 bridgehead atoms. The molecule has 124 valence electrons. The molecule has 2 aromatic rings. The number of para-hydroxylation sites is 1. The minimum Gasteiger partial charge on any atom is -0.452 e. The van der Waals surface area contributed by atoms with Gasteiger partial charge in [0.25, 0.3) is 5.91 Å². The van der Waals surface area contributed by atoms with E-state index in [1.807, 2.05) is 0 Å². The molecule has 0 heterocycles. The highest BCUT2D eigenvalue weighted by Crippen LogP contribution is 2.17. The Morgan fingerprint density at radius 2 is 1.83 bits per heavy atom. The molecular formula is C17H13BrFNO4. The van der Waals surface area contributed by atoms with Gasteiger partial charge in [0.1, 0.15) is 5.82 Å². The number of hydrogen-bond donors (Lipinski definition) is 1. The standard InChI is InChI=1S/C17H13BrFNO4/c1-10(21)12-4-2-3-5-15(12)20-16(22)9-24-17(23)13-8-11(18)6-7-14(13)19/h2-8H,9H2,1H3,(H,20,22). The Morgan fingerprint density at radius 3 is 2.54 bits per heavy atom. The summed E-state index contributed by atoms with van der Waals surface area (Å²) in [4.78, 5) is 35.2. The third kappa shape index (κ3) is 4.48. The molecule has 0 unspecified atom stereocenters. The van der Waals surface area contributed by atoms with Gasteiger partial charge in [-0.1, -0.05) is 28.1 Å². The Bertz CT molecular complexity index is 807. The molecular weight excluding hydrogens is 381 g/mol. The largest absolute Gasteiger partial charge is 0.452 e. The second-order valence-electron chi connectivity index (χ2n) is 4.85. The molecule has 0 saturated carbocycles. The number of esters is 1. The molecule has 0 aliphatic heterocycles. The monoisotopic (exact) mass is 393 g/mol. The number of Topliss-reactive ketones (excluding diaryl/α,β-unsaturated/α-hetero) is 1. The number of amides is 1. The maximum Gasteiger partial charge on any atom is 0.341 e. The van der Waals surface area contributed by atoms with Crippen LogP contribution in [-0.2, 0) is 9.53 Å². The van der Waals surface area contributed by atoms with Crippen molar-refractivity contribution >= 4 is 39.3 Å². The van der Waals surface area contributed by atoms with E-state index >= 15 is 0 Å². The maximum atomic E-state index is 13.6. The van der Waals surface area contributed by atoms with Crippen LogP contribution >= 0.6 is 15.9 Å². The van der Waals surface area contributed by atoms with Crippen LogP contribution in [0.3, 0.4) is 0 Å². The van der Waals surface area contributed by atoms with Crippen molar-refractivity contribution in [2.24, 2.45) is 0 Å². The van der Waals surface area contributed by atoms with Gasteiger partial charge in [0.05, 0.1) is 11.3 Å². The van der Waals surface area contributed by atoms with Crippen molar-refractivity contribution in [3.8, 4) is 0 Å². The van der Waals surface area contributed by atoms with E-state index in [0.29, 0.717) is 15.7 Å². The number of carbonyl (C=O) groups excluding carboxylic acids is 3. The van der Waals surface area contributed by atoms with Gasteiger partial charge in [0, 0.05) is 10.0 Å². The lowest BCUT2D eigenvalue weighted by atomic mass is 10.1. The summed E-state index contributed by atoms with van der Waals surface area (Å²) in [5.74, 6) is -2.54. The summed E-state index contributed by atoms with van der Waals surface area (Å²) in [6, 6.07) is 10.3. The smallest absolute Gasteiger partial charge is 0.341 e. The molecule has 24 heavy (non-hydrogen) atoms. The van der Waals surface area contributed by atoms with E-state index in [1.165, 1.54) is 19.1 Å². The Kier molecular flexibility index (Phi) is 5.81. The number of benzene rings is 2. The zero-order valence-corrected chi connectivity index (χ0v) is 14.2. The zero-order chi connectivity index (χ0) is 17.7. The second kappa shape index (κ2) is 7.83. The Balaban J connectivity index is 2.00. The first-order valence-electron chi connectivity index (χ1n) is 6.90. The summed E-state index contributed by atoms with van der Waals surface area (Å²) in [6.45, 7) is 0.776. The highest BCUT2D eigenvalue weighted by molar-refractivity contribution is 9.10. The van der Waals surface area contributed by atoms with E-state index in [9.17, 15) is 18.8 Å². The number of ether oxygens (including phenoxy) is 1. The first kappa shape index (κ1) is 17.8. The Labute approximate surface area is 145 Å². The van der Waals surface area contributed by atoms with Crippen LogP contribution in [0.15, 0.2) is 46.9 Å². The van der Waals surface area contributed by atoms with E-state index in [1.54, 1.807) is 24.3 Å². The van der Waals surface area contributed by atoms with E-state index < -0.39 is 24.3 Å². The van der Waals surface area contributed by atoms with Crippen LogP contribution in [0.5, 0.6) is 0 Å². The van der Waals surface area contributed by atoms with Crippen LogP contribution in [-0.4, -0.2) is 24.3 Å². The summed E-state index contributed by atoms with van der Waals surface area (Å²) in [5.41, 5.74) is 0.385. The molecule has 0 aliphatic carbocycles. The molecule has 7 heteroatoms. The van der Waals surface area contributed by atoms with Crippen molar-refractivity contribution in [3.63, 3.8) is 0 Å². The maximum absolute atomic E-state index is 13.6. The summed E-state index contributed by atoms with van der Waals surface area (Å²) in [6.07, 6.45) is 0. The number of ketones is 1. The van der Waals surface area contributed by atoms with Gasteiger partial charge in [-0.25, -0.2) is 9.18 Å². The van der Waals surface area contributed by atoms with Crippen molar-refractivity contribution in [2.45, 2.75) is 6.92 Å². The summed E-state index contributed by atoms with van der Waals surface area (Å²) >= 11 is 3.12. The van der Waals surface area contributed by atoms with Gasteiger partial charge in [-0.05, 0) is 37.3 Å². The van der Waals surface area contributed by atoms with E-state index in [2.05, 4.69) is 21.2 Å². The molecule has 1 N–H and O–H groups in total. The van der Waals surface area contributed by atoms with E-state index in [0.717, 1.165) is 6.07 Å². The highest BCUT2D eigenvalue weighted by Gasteiger charge is 2.16. The number of halogens is 2. The number of hydrogen-bond acceptors (Lipinski definition) is 4.